The van der Waals surface area contributed by atoms with Crippen LogP contribution in [0, 0.1) is 13.8 Å². The Morgan fingerprint density at radius 2 is 1.83 bits per heavy atom. The number of aromatic nitrogens is 3. The minimum atomic E-state index is -0.921. The van der Waals surface area contributed by atoms with Gasteiger partial charge in [0.05, 0.1) is 23.9 Å². The van der Waals surface area contributed by atoms with E-state index in [-0.39, 0.29) is 6.61 Å². The van der Waals surface area contributed by atoms with Gasteiger partial charge >= 0.3 is 11.7 Å². The molecule has 1 N–H and O–H groups in total. The van der Waals surface area contributed by atoms with Crippen molar-refractivity contribution in [3.63, 3.8) is 0 Å². The quantitative estimate of drug-likeness (QED) is 0.301. The molecule has 0 aliphatic carbocycles. The molecule has 35 heavy (non-hydrogen) atoms. The minimum Gasteiger partial charge on any atom is -0.496 e. The maximum atomic E-state index is 12.5. The molecular formula is C24H26BrN3O7. The molecule has 0 aliphatic heterocycles. The smallest absolute Gasteiger partial charge is 0.364 e. The van der Waals surface area contributed by atoms with Crippen molar-refractivity contribution < 1.29 is 23.7 Å². The van der Waals surface area contributed by atoms with Gasteiger partial charge in [0.25, 0.3) is 5.56 Å². The van der Waals surface area contributed by atoms with Gasteiger partial charge in [-0.1, -0.05) is 0 Å². The lowest BCUT2D eigenvalue weighted by Gasteiger charge is -2.15. The van der Waals surface area contributed by atoms with E-state index in [9.17, 15) is 14.4 Å². The number of carbonyl (C=O) groups is 1. The first-order chi connectivity index (χ1) is 16.7. The van der Waals surface area contributed by atoms with Crippen LogP contribution in [-0.4, -0.2) is 47.7 Å². The number of H-pyrrole nitrogens is 1. The van der Waals surface area contributed by atoms with Crippen LogP contribution in [0.3, 0.4) is 0 Å². The number of carbonyl (C=O) groups excluding carboxylic acids is 1. The van der Waals surface area contributed by atoms with Gasteiger partial charge in [-0.05, 0) is 78.2 Å². The van der Waals surface area contributed by atoms with Crippen molar-refractivity contribution in [2.75, 3.05) is 26.9 Å². The third-order valence-corrected chi connectivity index (χ3v) is 5.54. The molecule has 0 atom stereocenters. The summed E-state index contributed by atoms with van der Waals surface area (Å²) in [5.41, 5.74) is -0.428. The van der Waals surface area contributed by atoms with Crippen LogP contribution in [0.4, 0.5) is 0 Å². The number of hydrogen-bond donors (Lipinski definition) is 1. The summed E-state index contributed by atoms with van der Waals surface area (Å²) >= 11 is 3.43. The van der Waals surface area contributed by atoms with Gasteiger partial charge in [0, 0.05) is 19.6 Å². The summed E-state index contributed by atoms with van der Waals surface area (Å²) in [7, 11) is 1.58. The molecule has 1 aromatic heterocycles. The van der Waals surface area contributed by atoms with Gasteiger partial charge in [0.15, 0.2) is 0 Å². The maximum Gasteiger partial charge on any atom is 0.364 e. The van der Waals surface area contributed by atoms with Crippen molar-refractivity contribution in [3.8, 4) is 22.9 Å². The van der Waals surface area contributed by atoms with Crippen LogP contribution in [0.1, 0.15) is 35.0 Å². The van der Waals surface area contributed by atoms with E-state index in [1.807, 2.05) is 20.8 Å². The largest absolute Gasteiger partial charge is 0.496 e. The Balaban J connectivity index is 1.87. The van der Waals surface area contributed by atoms with Crippen LogP contribution in [0.25, 0.3) is 5.69 Å². The highest BCUT2D eigenvalue weighted by atomic mass is 79.9. The predicted octanol–water partition coefficient (Wildman–Crippen LogP) is 3.68. The van der Waals surface area contributed by atoms with E-state index >= 15 is 0 Å². The third kappa shape index (κ3) is 6.37. The zero-order valence-corrected chi connectivity index (χ0v) is 21.4. The van der Waals surface area contributed by atoms with Gasteiger partial charge in [0.2, 0.25) is 5.69 Å². The van der Waals surface area contributed by atoms with Crippen LogP contribution in [0.2, 0.25) is 0 Å². The molecule has 0 saturated heterocycles. The number of nitrogens with one attached hydrogen (secondary N) is 1. The van der Waals surface area contributed by atoms with Gasteiger partial charge in [-0.15, -0.1) is 0 Å². The Kier molecular flexibility index (Phi) is 8.83. The number of benzene rings is 2. The number of methoxy groups -OCH3 is 1. The summed E-state index contributed by atoms with van der Waals surface area (Å²) in [6.45, 7) is 6.53. The number of aryl methyl sites for hydroxylation is 2. The zero-order chi connectivity index (χ0) is 25.5. The Hall–Kier alpha value is -3.44. The monoisotopic (exact) mass is 547 g/mol. The van der Waals surface area contributed by atoms with Gasteiger partial charge in [-0.2, -0.15) is 9.78 Å². The molecule has 0 fully saturated rings. The first-order valence-corrected chi connectivity index (χ1v) is 11.7. The van der Waals surface area contributed by atoms with E-state index in [0.29, 0.717) is 53.7 Å². The number of hydrogen-bond acceptors (Lipinski definition) is 8. The fourth-order valence-corrected chi connectivity index (χ4v) is 3.81. The topological polar surface area (TPSA) is 122 Å². The lowest BCUT2D eigenvalue weighted by Crippen LogP contribution is -2.36. The summed E-state index contributed by atoms with van der Waals surface area (Å²) in [5, 5.41) is 3.98. The van der Waals surface area contributed by atoms with Crippen LogP contribution >= 0.6 is 15.9 Å². The Morgan fingerprint density at radius 3 is 2.46 bits per heavy atom. The average Bonchev–Trinajstić information content (AvgIpc) is 2.81. The second-order valence-corrected chi connectivity index (χ2v) is 8.37. The Bertz CT molecular complexity index is 1310. The van der Waals surface area contributed by atoms with Crippen molar-refractivity contribution in [1.29, 1.82) is 0 Å². The molecule has 3 aromatic rings. The van der Waals surface area contributed by atoms with E-state index in [1.54, 1.807) is 37.4 Å². The van der Waals surface area contributed by atoms with Crippen molar-refractivity contribution >= 4 is 21.9 Å². The molecule has 0 radical (unpaired) electrons. The number of ether oxygens (including phenoxy) is 4. The lowest BCUT2D eigenvalue weighted by atomic mass is 10.1. The summed E-state index contributed by atoms with van der Waals surface area (Å²) in [5.74, 6) is 0.936. The number of rotatable bonds is 10. The molecule has 0 bridgehead atoms. The fourth-order valence-electron chi connectivity index (χ4n) is 3.29. The molecular weight excluding hydrogens is 522 g/mol. The van der Waals surface area contributed by atoms with E-state index in [0.717, 1.165) is 9.15 Å². The van der Waals surface area contributed by atoms with Crippen molar-refractivity contribution in [2.45, 2.75) is 27.2 Å². The Labute approximate surface area is 209 Å². The highest BCUT2D eigenvalue weighted by Crippen LogP contribution is 2.34. The van der Waals surface area contributed by atoms with E-state index < -0.39 is 22.9 Å². The molecule has 0 saturated carbocycles. The average molecular weight is 548 g/mol. The number of aromatic amines is 1. The zero-order valence-electron chi connectivity index (χ0n) is 19.8. The molecule has 0 amide bonds. The molecule has 186 valence electrons. The standard InChI is InChI=1S/C24H26BrN3O7/c1-5-33-9-6-10-34-23(30)20-22(29)26-24(31)28(27-20)16-11-14(2)21(15(3)12-16)35-17-7-8-19(32-4)18(25)13-17/h7-8,11-13H,5-6,9-10H2,1-4H3,(H,26,29,31). The van der Waals surface area contributed by atoms with Gasteiger partial charge in [0.1, 0.15) is 17.2 Å². The maximum absolute atomic E-state index is 12.5. The molecule has 1 heterocycles. The normalized spacial score (nSPS) is 10.8. The summed E-state index contributed by atoms with van der Waals surface area (Å²) in [6, 6.07) is 8.68. The highest BCUT2D eigenvalue weighted by Gasteiger charge is 2.19. The first kappa shape index (κ1) is 26.2. The molecule has 0 unspecified atom stereocenters. The molecule has 11 heteroatoms. The summed E-state index contributed by atoms with van der Waals surface area (Å²) < 4.78 is 23.3. The lowest BCUT2D eigenvalue weighted by molar-refractivity contribution is 0.0441. The van der Waals surface area contributed by atoms with Crippen LogP contribution < -0.4 is 20.7 Å². The second kappa shape index (κ2) is 11.8. The molecule has 3 rings (SSSR count). The number of halogens is 1. The molecule has 10 nitrogen and oxygen atoms in total. The van der Waals surface area contributed by atoms with Gasteiger partial charge < -0.3 is 18.9 Å². The first-order valence-electron chi connectivity index (χ1n) is 10.9. The van der Waals surface area contributed by atoms with Crippen LogP contribution in [-0.2, 0) is 9.47 Å². The van der Waals surface area contributed by atoms with Gasteiger partial charge in [-0.25, -0.2) is 9.59 Å². The van der Waals surface area contributed by atoms with E-state index in [4.69, 9.17) is 18.9 Å². The predicted molar refractivity (Wildman–Crippen MR) is 132 cm³/mol. The Morgan fingerprint density at radius 1 is 1.11 bits per heavy atom. The number of esters is 1. The van der Waals surface area contributed by atoms with Gasteiger partial charge in [-0.3, -0.25) is 9.78 Å². The van der Waals surface area contributed by atoms with Crippen LogP contribution in [0.15, 0.2) is 44.4 Å². The summed E-state index contributed by atoms with van der Waals surface area (Å²) in [4.78, 5) is 39.1. The highest BCUT2D eigenvalue weighted by molar-refractivity contribution is 9.10. The molecule has 2 aromatic carbocycles. The summed E-state index contributed by atoms with van der Waals surface area (Å²) in [6.07, 6.45) is 0.474. The fraction of sp³-hybridized carbons (Fsp3) is 0.333. The SMILES string of the molecule is CCOCCCOC(=O)c1nn(-c2cc(C)c(Oc3ccc(OC)c(Br)c3)c(C)c2)c(=O)[nH]c1=O. The van der Waals surface area contributed by atoms with Crippen LogP contribution in [0.5, 0.6) is 17.2 Å². The minimum absolute atomic E-state index is 0.0603. The van der Waals surface area contributed by atoms with E-state index in [1.165, 1.54) is 0 Å². The van der Waals surface area contributed by atoms with Crippen molar-refractivity contribution in [2.24, 2.45) is 0 Å². The second-order valence-electron chi connectivity index (χ2n) is 7.51. The molecule has 0 spiro atoms. The number of nitrogens with zero attached hydrogens (tertiary/aromatic N) is 2. The van der Waals surface area contributed by atoms with Crippen molar-refractivity contribution in [1.82, 2.24) is 14.8 Å². The van der Waals surface area contributed by atoms with Crippen molar-refractivity contribution in [3.05, 3.63) is 72.5 Å². The molecule has 0 aliphatic rings. The third-order valence-electron chi connectivity index (χ3n) is 4.92. The van der Waals surface area contributed by atoms with E-state index in [2.05, 4.69) is 26.0 Å².